The summed E-state index contributed by atoms with van der Waals surface area (Å²) >= 11 is 0. The highest BCUT2D eigenvalue weighted by atomic mass is 16.3. The maximum absolute atomic E-state index is 11.7. The molecule has 4 N–H and O–H groups in total. The van der Waals surface area contributed by atoms with Crippen LogP contribution in [0.2, 0.25) is 0 Å². The van der Waals surface area contributed by atoms with E-state index in [0.29, 0.717) is 18.8 Å². The number of H-pyrrole nitrogens is 1. The van der Waals surface area contributed by atoms with Crippen molar-refractivity contribution in [2.45, 2.75) is 6.42 Å². The number of hydrogen-bond acceptors (Lipinski definition) is 5. The molecule has 0 spiro atoms. The first kappa shape index (κ1) is 11.7. The Balaban J connectivity index is 2.44. The first-order valence-electron chi connectivity index (χ1n) is 5.49. The number of nitrogens with zero attached hydrogens (tertiary/aromatic N) is 2. The average Bonchev–Trinajstić information content (AvgIpc) is 2.74. The monoisotopic (exact) mass is 240 g/mol. The van der Waals surface area contributed by atoms with Gasteiger partial charge < -0.3 is 15.7 Å². The van der Waals surface area contributed by atoms with Gasteiger partial charge in [0.25, 0.3) is 5.56 Å². The molecule has 1 aromatic heterocycles. The van der Waals surface area contributed by atoms with Gasteiger partial charge in [-0.15, -0.1) is 0 Å². The smallest absolute Gasteiger partial charge is 0.329 e. The number of nitrogens with one attached hydrogen (secondary N) is 1. The minimum atomic E-state index is -0.519. The standard InChI is InChI=1S/C10H16N4O3/c1-13-8(11)7(9(16)12-10(13)17)14-3-2-6(4-14)5-15/h6,15H,2-5,11H2,1H3,(H,12,16,17). The summed E-state index contributed by atoms with van der Waals surface area (Å²) in [5, 5.41) is 9.07. The van der Waals surface area contributed by atoms with Crippen molar-refractivity contribution in [1.29, 1.82) is 0 Å². The maximum Gasteiger partial charge on any atom is 0.329 e. The molecule has 0 aromatic carbocycles. The van der Waals surface area contributed by atoms with E-state index in [1.165, 1.54) is 11.6 Å². The molecule has 1 unspecified atom stereocenters. The van der Waals surface area contributed by atoms with Gasteiger partial charge in [-0.25, -0.2) is 4.79 Å². The van der Waals surface area contributed by atoms with Gasteiger partial charge in [0.1, 0.15) is 11.5 Å². The first-order valence-corrected chi connectivity index (χ1v) is 5.49. The fourth-order valence-corrected chi connectivity index (χ4v) is 2.12. The van der Waals surface area contributed by atoms with Crippen molar-refractivity contribution >= 4 is 11.5 Å². The van der Waals surface area contributed by atoms with Gasteiger partial charge in [-0.3, -0.25) is 14.3 Å². The van der Waals surface area contributed by atoms with E-state index in [1.807, 2.05) is 4.90 Å². The van der Waals surface area contributed by atoms with Gasteiger partial charge in [-0.1, -0.05) is 0 Å². The van der Waals surface area contributed by atoms with Crippen molar-refractivity contribution in [3.63, 3.8) is 0 Å². The van der Waals surface area contributed by atoms with Crippen LogP contribution in [-0.2, 0) is 7.05 Å². The van der Waals surface area contributed by atoms with Gasteiger partial charge >= 0.3 is 5.69 Å². The van der Waals surface area contributed by atoms with Crippen LogP contribution in [0.25, 0.3) is 0 Å². The summed E-state index contributed by atoms with van der Waals surface area (Å²) in [4.78, 5) is 27.1. The third kappa shape index (κ3) is 1.93. The lowest BCUT2D eigenvalue weighted by molar-refractivity contribution is 0.238. The molecule has 1 saturated heterocycles. The summed E-state index contributed by atoms with van der Waals surface area (Å²) < 4.78 is 1.21. The molecule has 1 aromatic rings. The van der Waals surface area contributed by atoms with Crippen LogP contribution in [0.3, 0.4) is 0 Å². The van der Waals surface area contributed by atoms with Crippen LogP contribution in [0.5, 0.6) is 0 Å². The highest BCUT2D eigenvalue weighted by molar-refractivity contribution is 5.62. The van der Waals surface area contributed by atoms with Gasteiger partial charge in [-0.2, -0.15) is 0 Å². The molecule has 17 heavy (non-hydrogen) atoms. The number of nitrogens with two attached hydrogens (primary N) is 1. The highest BCUT2D eigenvalue weighted by Crippen LogP contribution is 2.23. The van der Waals surface area contributed by atoms with Crippen LogP contribution >= 0.6 is 0 Å². The summed E-state index contributed by atoms with van der Waals surface area (Å²) in [6.45, 7) is 1.35. The Kier molecular flexibility index (Phi) is 2.93. The van der Waals surface area contributed by atoms with E-state index >= 15 is 0 Å². The minimum absolute atomic E-state index is 0.0973. The average molecular weight is 240 g/mol. The van der Waals surface area contributed by atoms with Crippen molar-refractivity contribution in [2.24, 2.45) is 13.0 Å². The zero-order chi connectivity index (χ0) is 12.6. The third-order valence-electron chi connectivity index (χ3n) is 3.20. The van der Waals surface area contributed by atoms with Gasteiger partial charge in [0.15, 0.2) is 0 Å². The normalized spacial score (nSPS) is 19.9. The molecule has 0 saturated carbocycles. The van der Waals surface area contributed by atoms with E-state index in [4.69, 9.17) is 10.8 Å². The van der Waals surface area contributed by atoms with Crippen molar-refractivity contribution in [1.82, 2.24) is 9.55 Å². The molecule has 1 aliphatic rings. The van der Waals surface area contributed by atoms with Crippen molar-refractivity contribution < 1.29 is 5.11 Å². The second-order valence-electron chi connectivity index (χ2n) is 4.34. The minimum Gasteiger partial charge on any atom is -0.396 e. The number of nitrogen functional groups attached to an aromatic ring is 1. The van der Waals surface area contributed by atoms with Gasteiger partial charge in [0.05, 0.1) is 0 Å². The lowest BCUT2D eigenvalue weighted by Crippen LogP contribution is -2.36. The summed E-state index contributed by atoms with van der Waals surface area (Å²) in [5.74, 6) is 0.323. The molecule has 0 bridgehead atoms. The number of hydrogen-bond donors (Lipinski definition) is 3. The Morgan fingerprint density at radius 3 is 2.82 bits per heavy atom. The largest absolute Gasteiger partial charge is 0.396 e. The number of aliphatic hydroxyl groups excluding tert-OH is 1. The van der Waals surface area contributed by atoms with Crippen LogP contribution in [0.1, 0.15) is 6.42 Å². The number of aromatic amines is 1. The third-order valence-corrected chi connectivity index (χ3v) is 3.20. The molecule has 7 heteroatoms. The molecule has 2 heterocycles. The van der Waals surface area contributed by atoms with E-state index in [9.17, 15) is 9.59 Å². The van der Waals surface area contributed by atoms with Crippen molar-refractivity contribution in [2.75, 3.05) is 30.3 Å². The van der Waals surface area contributed by atoms with Crippen LogP contribution in [0, 0.1) is 5.92 Å². The van der Waals surface area contributed by atoms with Crippen LogP contribution in [0.4, 0.5) is 11.5 Å². The Labute approximate surface area is 97.5 Å². The molecule has 0 amide bonds. The van der Waals surface area contributed by atoms with E-state index in [0.717, 1.165) is 6.42 Å². The van der Waals surface area contributed by atoms with Gasteiger partial charge in [0.2, 0.25) is 0 Å². The fourth-order valence-electron chi connectivity index (χ4n) is 2.12. The predicted octanol–water partition coefficient (Wildman–Crippen LogP) is -1.53. The zero-order valence-corrected chi connectivity index (χ0v) is 9.64. The Hall–Kier alpha value is -1.76. The Bertz CT molecular complexity index is 533. The molecule has 1 atom stereocenters. The van der Waals surface area contributed by atoms with E-state index in [-0.39, 0.29) is 18.3 Å². The molecular formula is C10H16N4O3. The SMILES string of the molecule is Cn1c(N)c(N2CCC(CO)C2)c(=O)[nH]c1=O. The molecule has 0 aliphatic carbocycles. The highest BCUT2D eigenvalue weighted by Gasteiger charge is 2.26. The van der Waals surface area contributed by atoms with E-state index in [2.05, 4.69) is 4.98 Å². The first-order chi connectivity index (χ1) is 8.04. The topological polar surface area (TPSA) is 104 Å². The summed E-state index contributed by atoms with van der Waals surface area (Å²) in [7, 11) is 1.51. The predicted molar refractivity (Wildman–Crippen MR) is 64.1 cm³/mol. The molecule has 1 fully saturated rings. The second-order valence-corrected chi connectivity index (χ2v) is 4.34. The molecular weight excluding hydrogens is 224 g/mol. The number of anilines is 2. The number of aliphatic hydroxyl groups is 1. The molecule has 94 valence electrons. The number of aromatic nitrogens is 2. The van der Waals surface area contributed by atoms with E-state index in [1.54, 1.807) is 0 Å². The Morgan fingerprint density at radius 1 is 1.53 bits per heavy atom. The maximum atomic E-state index is 11.7. The van der Waals surface area contributed by atoms with Crippen LogP contribution in [0.15, 0.2) is 9.59 Å². The zero-order valence-electron chi connectivity index (χ0n) is 9.64. The van der Waals surface area contributed by atoms with Crippen LogP contribution in [-0.4, -0.2) is 34.4 Å². The molecule has 7 nitrogen and oxygen atoms in total. The molecule has 0 radical (unpaired) electrons. The van der Waals surface area contributed by atoms with Crippen molar-refractivity contribution in [3.8, 4) is 0 Å². The van der Waals surface area contributed by atoms with Crippen molar-refractivity contribution in [3.05, 3.63) is 20.8 Å². The summed E-state index contributed by atoms with van der Waals surface area (Å²) in [6, 6.07) is 0. The number of rotatable bonds is 2. The quantitative estimate of drug-likeness (QED) is 0.582. The van der Waals surface area contributed by atoms with Gasteiger partial charge in [-0.05, 0) is 6.42 Å². The van der Waals surface area contributed by atoms with Gasteiger partial charge in [0, 0.05) is 32.7 Å². The fraction of sp³-hybridized carbons (Fsp3) is 0.600. The lowest BCUT2D eigenvalue weighted by atomic mass is 10.1. The Morgan fingerprint density at radius 2 is 2.24 bits per heavy atom. The molecule has 1 aliphatic heterocycles. The summed E-state index contributed by atoms with van der Waals surface area (Å²) in [5.41, 5.74) is 5.12. The summed E-state index contributed by atoms with van der Waals surface area (Å²) in [6.07, 6.45) is 0.818. The van der Waals surface area contributed by atoms with Crippen LogP contribution < -0.4 is 21.9 Å². The second kappa shape index (κ2) is 4.25. The lowest BCUT2D eigenvalue weighted by Gasteiger charge is -2.20. The van der Waals surface area contributed by atoms with E-state index < -0.39 is 11.2 Å². The molecule has 2 rings (SSSR count).